The Hall–Kier alpha value is -2.04. The van der Waals surface area contributed by atoms with Gasteiger partial charge < -0.3 is 9.47 Å². The Morgan fingerprint density at radius 1 is 0.708 bits per heavy atom. The van der Waals surface area contributed by atoms with Gasteiger partial charge in [0.05, 0.1) is 24.6 Å². The number of ether oxygens (including phenoxy) is 2. The maximum absolute atomic E-state index is 6.13. The minimum absolute atomic E-state index is 0.120. The van der Waals surface area contributed by atoms with Crippen LogP contribution in [0.4, 0.5) is 11.4 Å². The molecule has 0 saturated heterocycles. The summed E-state index contributed by atoms with van der Waals surface area (Å²) in [7, 11) is 0. The summed E-state index contributed by atoms with van der Waals surface area (Å²) < 4.78 is 10.8. The standard InChI is InChI=1S/C18H18Cl2N2O2/c1-3-23-15-9-5-13(6-10-15)21-17(19)18(20)22-14-7-11-16(12-8-14)24-4-2/h5-12H,3-4H2,1-2H3. The van der Waals surface area contributed by atoms with Crippen LogP contribution in [0.25, 0.3) is 0 Å². The van der Waals surface area contributed by atoms with Crippen LogP contribution in [0.3, 0.4) is 0 Å². The zero-order valence-corrected chi connectivity index (χ0v) is 15.0. The highest BCUT2D eigenvalue weighted by Crippen LogP contribution is 2.22. The molecule has 0 heterocycles. The molecular formula is C18H18Cl2N2O2. The highest BCUT2D eigenvalue weighted by molar-refractivity contribution is 7.00. The summed E-state index contributed by atoms with van der Waals surface area (Å²) in [6, 6.07) is 14.5. The number of rotatable bonds is 7. The lowest BCUT2D eigenvalue weighted by atomic mass is 10.3. The molecule has 0 saturated carbocycles. The van der Waals surface area contributed by atoms with Crippen molar-refractivity contribution in [3.8, 4) is 11.5 Å². The van der Waals surface area contributed by atoms with Crippen molar-refractivity contribution in [2.75, 3.05) is 13.2 Å². The summed E-state index contributed by atoms with van der Waals surface area (Å²) in [5.41, 5.74) is 1.34. The molecular weight excluding hydrogens is 347 g/mol. The summed E-state index contributed by atoms with van der Waals surface area (Å²) in [5, 5.41) is 0.240. The van der Waals surface area contributed by atoms with Crippen molar-refractivity contribution < 1.29 is 9.47 Å². The Balaban J connectivity index is 2.10. The van der Waals surface area contributed by atoms with Gasteiger partial charge in [0, 0.05) is 0 Å². The van der Waals surface area contributed by atoms with Crippen LogP contribution in [0.5, 0.6) is 11.5 Å². The van der Waals surface area contributed by atoms with Gasteiger partial charge in [0.2, 0.25) is 0 Å². The molecule has 0 bridgehead atoms. The van der Waals surface area contributed by atoms with Crippen molar-refractivity contribution in [1.29, 1.82) is 0 Å². The predicted octanol–water partition coefficient (Wildman–Crippen LogP) is 5.72. The third kappa shape index (κ3) is 5.55. The second-order valence-electron chi connectivity index (χ2n) is 4.66. The average Bonchev–Trinajstić information content (AvgIpc) is 2.59. The molecule has 2 rings (SSSR count). The molecule has 0 aliphatic rings. The van der Waals surface area contributed by atoms with Crippen molar-refractivity contribution in [1.82, 2.24) is 0 Å². The zero-order valence-electron chi connectivity index (χ0n) is 13.5. The van der Waals surface area contributed by atoms with Gasteiger partial charge in [-0.05, 0) is 62.4 Å². The summed E-state index contributed by atoms with van der Waals surface area (Å²) in [4.78, 5) is 8.48. The van der Waals surface area contributed by atoms with Gasteiger partial charge >= 0.3 is 0 Å². The highest BCUT2D eigenvalue weighted by Gasteiger charge is 2.04. The smallest absolute Gasteiger partial charge is 0.166 e. The largest absolute Gasteiger partial charge is 0.494 e. The van der Waals surface area contributed by atoms with E-state index in [2.05, 4.69) is 9.98 Å². The van der Waals surface area contributed by atoms with E-state index in [4.69, 9.17) is 32.7 Å². The van der Waals surface area contributed by atoms with Gasteiger partial charge in [-0.3, -0.25) is 0 Å². The summed E-state index contributed by atoms with van der Waals surface area (Å²) in [5.74, 6) is 1.56. The van der Waals surface area contributed by atoms with Gasteiger partial charge in [-0.25, -0.2) is 9.98 Å². The van der Waals surface area contributed by atoms with E-state index in [9.17, 15) is 0 Å². The summed E-state index contributed by atoms with van der Waals surface area (Å²) >= 11 is 12.3. The molecule has 24 heavy (non-hydrogen) atoms. The number of hydrogen-bond donors (Lipinski definition) is 0. The van der Waals surface area contributed by atoms with Crippen LogP contribution in [0.1, 0.15) is 13.8 Å². The van der Waals surface area contributed by atoms with Crippen molar-refractivity contribution in [3.63, 3.8) is 0 Å². The molecule has 0 unspecified atom stereocenters. The normalized spacial score (nSPS) is 12.2. The topological polar surface area (TPSA) is 43.2 Å². The first kappa shape index (κ1) is 18.3. The van der Waals surface area contributed by atoms with Crippen LogP contribution >= 0.6 is 23.2 Å². The van der Waals surface area contributed by atoms with Gasteiger partial charge in [-0.15, -0.1) is 0 Å². The Bertz CT molecular complexity index is 647. The number of aliphatic imine (C=N–C) groups is 2. The molecule has 0 fully saturated rings. The highest BCUT2D eigenvalue weighted by atomic mass is 35.5. The van der Waals surface area contributed by atoms with E-state index in [1.807, 2.05) is 38.1 Å². The SMILES string of the molecule is CCOc1ccc(N=C(Cl)C(Cl)=Nc2ccc(OCC)cc2)cc1. The Labute approximate surface area is 151 Å². The quantitative estimate of drug-likeness (QED) is 0.589. The van der Waals surface area contributed by atoms with Crippen LogP contribution in [0.15, 0.2) is 58.5 Å². The van der Waals surface area contributed by atoms with Crippen LogP contribution in [-0.2, 0) is 0 Å². The Morgan fingerprint density at radius 2 is 1.04 bits per heavy atom. The van der Waals surface area contributed by atoms with E-state index in [0.29, 0.717) is 24.6 Å². The molecule has 126 valence electrons. The maximum atomic E-state index is 6.13. The third-order valence-corrected chi connectivity index (χ3v) is 3.54. The molecule has 2 aromatic carbocycles. The summed E-state index contributed by atoms with van der Waals surface area (Å²) in [6.45, 7) is 5.09. The Morgan fingerprint density at radius 3 is 1.33 bits per heavy atom. The monoisotopic (exact) mass is 364 g/mol. The van der Waals surface area contributed by atoms with E-state index < -0.39 is 0 Å². The minimum atomic E-state index is 0.120. The lowest BCUT2D eigenvalue weighted by molar-refractivity contribution is 0.340. The van der Waals surface area contributed by atoms with Crippen LogP contribution in [0, 0.1) is 0 Å². The lowest BCUT2D eigenvalue weighted by Gasteiger charge is -2.03. The first-order valence-electron chi connectivity index (χ1n) is 7.56. The second-order valence-corrected chi connectivity index (χ2v) is 5.38. The zero-order chi connectivity index (χ0) is 17.4. The molecule has 0 aromatic heterocycles. The van der Waals surface area contributed by atoms with E-state index in [1.165, 1.54) is 0 Å². The van der Waals surface area contributed by atoms with Gasteiger partial charge in [-0.1, -0.05) is 23.2 Å². The number of hydrogen-bond acceptors (Lipinski definition) is 4. The van der Waals surface area contributed by atoms with Gasteiger partial charge in [-0.2, -0.15) is 0 Å². The van der Waals surface area contributed by atoms with Crippen LogP contribution in [-0.4, -0.2) is 23.6 Å². The fourth-order valence-electron chi connectivity index (χ4n) is 1.89. The van der Waals surface area contributed by atoms with Crippen LogP contribution in [0.2, 0.25) is 0 Å². The molecule has 0 aliphatic heterocycles. The number of halogens is 2. The van der Waals surface area contributed by atoms with E-state index in [-0.39, 0.29) is 10.3 Å². The molecule has 0 amide bonds. The first-order valence-corrected chi connectivity index (χ1v) is 8.32. The maximum Gasteiger partial charge on any atom is 0.166 e. The van der Waals surface area contributed by atoms with Crippen LogP contribution < -0.4 is 9.47 Å². The predicted molar refractivity (Wildman–Crippen MR) is 101 cm³/mol. The van der Waals surface area contributed by atoms with Gasteiger partial charge in [0.25, 0.3) is 0 Å². The third-order valence-electron chi connectivity index (χ3n) is 2.92. The van der Waals surface area contributed by atoms with E-state index >= 15 is 0 Å². The number of benzene rings is 2. The first-order chi connectivity index (χ1) is 11.6. The number of nitrogens with zero attached hydrogens (tertiary/aromatic N) is 2. The molecule has 6 heteroatoms. The fourth-order valence-corrected chi connectivity index (χ4v) is 2.17. The second kappa shape index (κ2) is 9.30. The summed E-state index contributed by atoms with van der Waals surface area (Å²) in [6.07, 6.45) is 0. The fraction of sp³-hybridized carbons (Fsp3) is 0.222. The van der Waals surface area contributed by atoms with Crippen molar-refractivity contribution in [2.45, 2.75) is 13.8 Å². The van der Waals surface area contributed by atoms with E-state index in [0.717, 1.165) is 11.5 Å². The molecule has 2 aromatic rings. The van der Waals surface area contributed by atoms with Crippen molar-refractivity contribution >= 4 is 44.9 Å². The van der Waals surface area contributed by atoms with Gasteiger partial charge in [0.1, 0.15) is 11.5 Å². The Kier molecular flexibility index (Phi) is 7.09. The lowest BCUT2D eigenvalue weighted by Crippen LogP contribution is -1.98. The molecule has 4 nitrogen and oxygen atoms in total. The minimum Gasteiger partial charge on any atom is -0.494 e. The molecule has 0 radical (unpaired) electrons. The molecule has 0 aliphatic carbocycles. The van der Waals surface area contributed by atoms with Crippen molar-refractivity contribution in [3.05, 3.63) is 48.5 Å². The average molecular weight is 365 g/mol. The molecule has 0 spiro atoms. The molecule has 0 N–H and O–H groups in total. The van der Waals surface area contributed by atoms with E-state index in [1.54, 1.807) is 24.3 Å². The van der Waals surface area contributed by atoms with Gasteiger partial charge in [0.15, 0.2) is 10.3 Å². The molecule has 0 atom stereocenters. The van der Waals surface area contributed by atoms with Crippen molar-refractivity contribution in [2.24, 2.45) is 9.98 Å².